The summed E-state index contributed by atoms with van der Waals surface area (Å²) in [6, 6.07) is 6.52. The van der Waals surface area contributed by atoms with Gasteiger partial charge >= 0.3 is 0 Å². The number of fused-ring (bicyclic) bond motifs is 1. The molecule has 0 N–H and O–H groups in total. The van der Waals surface area contributed by atoms with Crippen molar-refractivity contribution in [1.29, 1.82) is 0 Å². The molecule has 1 aromatic carbocycles. The maximum Gasteiger partial charge on any atom is 0.257 e. The summed E-state index contributed by atoms with van der Waals surface area (Å²) in [5.41, 5.74) is 2.56. The highest BCUT2D eigenvalue weighted by Gasteiger charge is 2.29. The number of ether oxygens (including phenoxy) is 1. The van der Waals surface area contributed by atoms with Crippen LogP contribution in [0.4, 0.5) is 4.39 Å². The van der Waals surface area contributed by atoms with Crippen molar-refractivity contribution in [2.24, 2.45) is 0 Å². The van der Waals surface area contributed by atoms with E-state index in [0.717, 1.165) is 49.6 Å². The third kappa shape index (κ3) is 3.39. The second-order valence-electron chi connectivity index (χ2n) is 6.96. The van der Waals surface area contributed by atoms with Crippen molar-refractivity contribution in [2.45, 2.75) is 25.9 Å². The van der Waals surface area contributed by atoms with Gasteiger partial charge in [-0.2, -0.15) is 0 Å². The van der Waals surface area contributed by atoms with Gasteiger partial charge in [-0.15, -0.1) is 0 Å². The number of carbonyl (C=O) groups is 1. The summed E-state index contributed by atoms with van der Waals surface area (Å²) < 4.78 is 24.6. The highest BCUT2D eigenvalue weighted by molar-refractivity contribution is 5.94. The van der Waals surface area contributed by atoms with Crippen LogP contribution in [0.2, 0.25) is 0 Å². The van der Waals surface area contributed by atoms with Gasteiger partial charge in [0.1, 0.15) is 17.8 Å². The predicted octanol–water partition coefficient (Wildman–Crippen LogP) is 3.01. The van der Waals surface area contributed by atoms with E-state index >= 15 is 0 Å². The Balaban J connectivity index is 1.47. The van der Waals surface area contributed by atoms with E-state index in [1.807, 2.05) is 19.1 Å². The predicted molar refractivity (Wildman–Crippen MR) is 94.4 cm³/mol. The molecule has 4 rings (SSSR count). The van der Waals surface area contributed by atoms with Gasteiger partial charge in [0, 0.05) is 19.6 Å². The summed E-state index contributed by atoms with van der Waals surface area (Å²) in [5, 5.41) is 0. The third-order valence-corrected chi connectivity index (χ3v) is 5.29. The summed E-state index contributed by atoms with van der Waals surface area (Å²) in [4.78, 5) is 17.0. The van der Waals surface area contributed by atoms with E-state index in [9.17, 15) is 9.18 Å². The molecule has 0 spiro atoms. The number of halogens is 1. The first-order valence-electron chi connectivity index (χ1n) is 9.08. The number of rotatable bonds is 3. The summed E-state index contributed by atoms with van der Waals surface area (Å²) in [7, 11) is 0. The highest BCUT2D eigenvalue weighted by Crippen LogP contribution is 2.31. The highest BCUT2D eigenvalue weighted by atomic mass is 19.1. The summed E-state index contributed by atoms with van der Waals surface area (Å²) in [6.07, 6.45) is 2.27. The Morgan fingerprint density at radius 3 is 2.85 bits per heavy atom. The van der Waals surface area contributed by atoms with Crippen LogP contribution in [0.3, 0.4) is 0 Å². The van der Waals surface area contributed by atoms with E-state index in [-0.39, 0.29) is 17.8 Å². The Morgan fingerprint density at radius 1 is 1.23 bits per heavy atom. The lowest BCUT2D eigenvalue weighted by Gasteiger charge is -2.35. The zero-order valence-electron chi connectivity index (χ0n) is 14.9. The van der Waals surface area contributed by atoms with Gasteiger partial charge in [0.2, 0.25) is 0 Å². The zero-order valence-corrected chi connectivity index (χ0v) is 14.9. The molecule has 6 heteroatoms. The van der Waals surface area contributed by atoms with Crippen LogP contribution in [-0.2, 0) is 17.7 Å². The van der Waals surface area contributed by atoms with E-state index in [1.54, 1.807) is 11.0 Å². The quantitative estimate of drug-likeness (QED) is 0.846. The summed E-state index contributed by atoms with van der Waals surface area (Å²) >= 11 is 0. The molecule has 0 saturated carbocycles. The van der Waals surface area contributed by atoms with Crippen molar-refractivity contribution in [3.8, 4) is 0 Å². The molecular weight excluding hydrogens is 335 g/mol. The van der Waals surface area contributed by atoms with Crippen LogP contribution in [0.25, 0.3) is 0 Å². The number of furan rings is 1. The lowest BCUT2D eigenvalue weighted by molar-refractivity contribution is 0.0313. The topological polar surface area (TPSA) is 45.9 Å². The van der Waals surface area contributed by atoms with Gasteiger partial charge in [0.25, 0.3) is 5.91 Å². The molecule has 0 bridgehead atoms. The van der Waals surface area contributed by atoms with Crippen molar-refractivity contribution in [1.82, 2.24) is 9.80 Å². The first kappa shape index (κ1) is 17.2. The second kappa shape index (κ2) is 7.21. The molecule has 2 aliphatic rings. The van der Waals surface area contributed by atoms with Gasteiger partial charge in [0.05, 0.1) is 31.4 Å². The Labute approximate surface area is 152 Å². The molecule has 2 aliphatic heterocycles. The smallest absolute Gasteiger partial charge is 0.257 e. The Bertz CT molecular complexity index is 798. The van der Waals surface area contributed by atoms with Crippen molar-refractivity contribution in [3.63, 3.8) is 0 Å². The van der Waals surface area contributed by atoms with Crippen LogP contribution in [0.1, 0.15) is 40.2 Å². The number of benzene rings is 1. The van der Waals surface area contributed by atoms with Crippen molar-refractivity contribution in [3.05, 3.63) is 58.8 Å². The fourth-order valence-corrected chi connectivity index (χ4v) is 3.78. The van der Waals surface area contributed by atoms with Crippen LogP contribution < -0.4 is 0 Å². The van der Waals surface area contributed by atoms with Crippen LogP contribution in [0, 0.1) is 5.82 Å². The molecule has 1 aromatic heterocycles. The van der Waals surface area contributed by atoms with Crippen LogP contribution in [0.15, 0.2) is 34.9 Å². The minimum atomic E-state index is -0.263. The first-order valence-corrected chi connectivity index (χ1v) is 9.08. The number of nitrogens with zero attached hydrogens (tertiary/aromatic N) is 2. The monoisotopic (exact) mass is 358 g/mol. The van der Waals surface area contributed by atoms with E-state index in [2.05, 4.69) is 4.90 Å². The van der Waals surface area contributed by atoms with Crippen molar-refractivity contribution < 1.29 is 18.3 Å². The second-order valence-corrected chi connectivity index (χ2v) is 6.96. The SMILES string of the molecule is C[C@@H]1c2cc(F)ccc2CCN1C(=O)c1coc(CN2CCOCC2)c1. The third-order valence-electron chi connectivity index (χ3n) is 5.29. The van der Waals surface area contributed by atoms with Gasteiger partial charge in [-0.25, -0.2) is 4.39 Å². The molecule has 0 unspecified atom stereocenters. The average molecular weight is 358 g/mol. The lowest BCUT2D eigenvalue weighted by atomic mass is 9.93. The van der Waals surface area contributed by atoms with E-state index in [4.69, 9.17) is 9.15 Å². The molecule has 0 radical (unpaired) electrons. The Kier molecular flexibility index (Phi) is 4.78. The van der Waals surface area contributed by atoms with Crippen LogP contribution >= 0.6 is 0 Å². The molecule has 138 valence electrons. The zero-order chi connectivity index (χ0) is 18.1. The molecular formula is C20H23FN2O3. The molecule has 0 aliphatic carbocycles. The number of amides is 1. The maximum atomic E-state index is 13.6. The minimum absolute atomic E-state index is 0.0654. The molecule has 3 heterocycles. The molecule has 26 heavy (non-hydrogen) atoms. The largest absolute Gasteiger partial charge is 0.467 e. The number of morpholine rings is 1. The average Bonchev–Trinajstić information content (AvgIpc) is 3.11. The van der Waals surface area contributed by atoms with E-state index in [0.29, 0.717) is 18.7 Å². The van der Waals surface area contributed by atoms with E-state index < -0.39 is 0 Å². The maximum absolute atomic E-state index is 13.6. The summed E-state index contributed by atoms with van der Waals surface area (Å²) in [5.74, 6) is 0.455. The minimum Gasteiger partial charge on any atom is -0.467 e. The van der Waals surface area contributed by atoms with Gasteiger partial charge in [-0.3, -0.25) is 9.69 Å². The molecule has 1 saturated heterocycles. The number of carbonyl (C=O) groups excluding carboxylic acids is 1. The number of hydrogen-bond donors (Lipinski definition) is 0. The normalized spacial score (nSPS) is 20.8. The fourth-order valence-electron chi connectivity index (χ4n) is 3.78. The van der Waals surface area contributed by atoms with Crippen molar-refractivity contribution in [2.75, 3.05) is 32.8 Å². The Morgan fingerprint density at radius 2 is 2.04 bits per heavy atom. The van der Waals surface area contributed by atoms with E-state index in [1.165, 1.54) is 12.3 Å². The van der Waals surface area contributed by atoms with Gasteiger partial charge in [-0.05, 0) is 42.7 Å². The van der Waals surface area contributed by atoms with Gasteiger partial charge in [-0.1, -0.05) is 6.07 Å². The molecule has 1 amide bonds. The molecule has 1 fully saturated rings. The van der Waals surface area contributed by atoms with Crippen molar-refractivity contribution >= 4 is 5.91 Å². The standard InChI is InChI=1S/C20H23FN2O3/c1-14-19-11-17(21)3-2-15(19)4-5-23(14)20(24)16-10-18(26-13-16)12-22-6-8-25-9-7-22/h2-3,10-11,13-14H,4-9,12H2,1H3/t14-/m1/s1. The lowest BCUT2D eigenvalue weighted by Crippen LogP contribution is -2.38. The first-order chi connectivity index (χ1) is 12.6. The Hall–Kier alpha value is -2.18. The fraction of sp³-hybridized carbons (Fsp3) is 0.450. The molecule has 5 nitrogen and oxygen atoms in total. The molecule has 2 aromatic rings. The summed E-state index contributed by atoms with van der Waals surface area (Å²) in [6.45, 7) is 6.46. The van der Waals surface area contributed by atoms with Gasteiger partial charge < -0.3 is 14.1 Å². The number of hydrogen-bond acceptors (Lipinski definition) is 4. The van der Waals surface area contributed by atoms with Crippen LogP contribution in [-0.4, -0.2) is 48.6 Å². The van der Waals surface area contributed by atoms with Crippen LogP contribution in [0.5, 0.6) is 0 Å². The molecule has 1 atom stereocenters. The van der Waals surface area contributed by atoms with Gasteiger partial charge in [0.15, 0.2) is 0 Å².